The Morgan fingerprint density at radius 2 is 1.38 bits per heavy atom. The summed E-state index contributed by atoms with van der Waals surface area (Å²) in [7, 11) is 0. The Bertz CT molecular complexity index is 1380. The number of aliphatic hydroxyl groups excluding tert-OH is 2. The number of carbonyl (C=O) groups is 8. The quantitative estimate of drug-likeness (QED) is 0.0474. The molecular formula is C31H52N10O11. The third kappa shape index (κ3) is 15.8. The number of carboxylic acid groups (broad SMARTS) is 1. The molecule has 1 heterocycles. The number of aliphatic carboxylic acids is 1. The van der Waals surface area contributed by atoms with Crippen LogP contribution in [-0.4, -0.2) is 129 Å². The van der Waals surface area contributed by atoms with Crippen LogP contribution in [0.5, 0.6) is 0 Å². The van der Waals surface area contributed by atoms with E-state index in [1.807, 2.05) is 0 Å². The zero-order chi connectivity index (χ0) is 39.5. The van der Waals surface area contributed by atoms with E-state index in [0.29, 0.717) is 12.1 Å². The monoisotopic (exact) mass is 740 g/mol. The van der Waals surface area contributed by atoms with Crippen LogP contribution >= 0.6 is 0 Å². The number of nitrogens with one attached hydrogen (secondary N) is 7. The maximum absolute atomic E-state index is 13.6. The topological polar surface area (TPSA) is 350 Å². The van der Waals surface area contributed by atoms with Gasteiger partial charge < -0.3 is 63.7 Å². The van der Waals surface area contributed by atoms with Gasteiger partial charge in [-0.1, -0.05) is 34.1 Å². The van der Waals surface area contributed by atoms with Gasteiger partial charge in [-0.15, -0.1) is 0 Å². The van der Waals surface area contributed by atoms with Crippen LogP contribution in [-0.2, 0) is 44.8 Å². The van der Waals surface area contributed by atoms with Crippen molar-refractivity contribution in [2.24, 2.45) is 23.3 Å². The molecule has 1 aromatic heterocycles. The Labute approximate surface area is 300 Å². The van der Waals surface area contributed by atoms with E-state index in [-0.39, 0.29) is 31.6 Å². The second-order valence-corrected chi connectivity index (χ2v) is 12.6. The maximum Gasteiger partial charge on any atom is 0.328 e. The lowest BCUT2D eigenvalue weighted by atomic mass is 9.96. The molecule has 21 nitrogen and oxygen atoms in total. The maximum atomic E-state index is 13.6. The second kappa shape index (κ2) is 22.6. The number of primary amides is 1. The molecule has 0 radical (unpaired) electrons. The number of H-pyrrole nitrogens is 1. The molecule has 1 aromatic rings. The summed E-state index contributed by atoms with van der Waals surface area (Å²) in [6, 6.07) is -8.28. The van der Waals surface area contributed by atoms with Crippen LogP contribution < -0.4 is 43.4 Å². The highest BCUT2D eigenvalue weighted by Crippen LogP contribution is 2.12. The Morgan fingerprint density at radius 3 is 1.90 bits per heavy atom. The van der Waals surface area contributed by atoms with Crippen molar-refractivity contribution in [2.75, 3.05) is 19.8 Å². The normalized spacial score (nSPS) is 15.1. The van der Waals surface area contributed by atoms with Gasteiger partial charge in [-0.3, -0.25) is 33.6 Å². The molecular weight excluding hydrogens is 688 g/mol. The molecule has 292 valence electrons. The number of aliphatic hydroxyl groups is 2. The number of carboxylic acids is 1. The number of amides is 7. The van der Waals surface area contributed by atoms with E-state index in [1.165, 1.54) is 12.5 Å². The summed E-state index contributed by atoms with van der Waals surface area (Å²) in [5.41, 5.74) is 11.6. The zero-order valence-corrected chi connectivity index (χ0v) is 29.6. The summed E-state index contributed by atoms with van der Waals surface area (Å²) < 4.78 is 0. The summed E-state index contributed by atoms with van der Waals surface area (Å²) in [6.07, 6.45) is 2.75. The fourth-order valence-corrected chi connectivity index (χ4v) is 4.67. The number of imidazole rings is 1. The molecule has 0 saturated carbocycles. The fourth-order valence-electron chi connectivity index (χ4n) is 4.67. The standard InChI is InChI=1S/C31H52N10O11/c1-5-16(4)25(41-29(49)21(12-42)37-24(45)11-35-26(46)18(32)9-17-10-34-14-36-17)30(50)39-20(8-15(2)3)28(48)38-19(6-7-23(33)44)27(47)40-22(13-43)31(51)52/h10,14-16,18-22,25,42-43H,5-9,11-13,32H2,1-4H3,(H2,33,44)(H,34,36)(H,35,46)(H,37,45)(H,38,48)(H,39,50)(H,40,47)(H,41,49)(H,51,52)/t16-,18-,19-,20-,21-,22-,25-/m0/s1. The predicted molar refractivity (Wildman–Crippen MR) is 182 cm³/mol. The number of nitrogens with zero attached hydrogens (tertiary/aromatic N) is 1. The number of hydrogen-bond donors (Lipinski definition) is 12. The first-order chi connectivity index (χ1) is 24.4. The van der Waals surface area contributed by atoms with Gasteiger partial charge in [0.1, 0.15) is 30.2 Å². The van der Waals surface area contributed by atoms with Crippen LogP contribution in [0.4, 0.5) is 0 Å². The molecule has 7 atom stereocenters. The lowest BCUT2D eigenvalue weighted by Crippen LogP contribution is -2.61. The summed E-state index contributed by atoms with van der Waals surface area (Å²) in [6.45, 7) is 4.48. The molecule has 1 rings (SSSR count). The van der Waals surface area contributed by atoms with E-state index in [0.717, 1.165) is 0 Å². The van der Waals surface area contributed by atoms with Gasteiger partial charge >= 0.3 is 5.97 Å². The lowest BCUT2D eigenvalue weighted by Gasteiger charge is -2.29. The minimum atomic E-state index is -1.70. The molecule has 21 heteroatoms. The molecule has 0 aliphatic carbocycles. The molecule has 0 aromatic carbocycles. The van der Waals surface area contributed by atoms with Gasteiger partial charge in [0.05, 0.1) is 32.1 Å². The fraction of sp³-hybridized carbons (Fsp3) is 0.645. The van der Waals surface area contributed by atoms with Crippen LogP contribution in [0.15, 0.2) is 12.5 Å². The number of hydrogen-bond acceptors (Lipinski definition) is 12. The van der Waals surface area contributed by atoms with Crippen molar-refractivity contribution in [2.45, 2.75) is 96.1 Å². The Morgan fingerprint density at radius 1 is 0.808 bits per heavy atom. The number of rotatable bonds is 24. The van der Waals surface area contributed by atoms with Gasteiger partial charge in [0.25, 0.3) is 0 Å². The summed E-state index contributed by atoms with van der Waals surface area (Å²) >= 11 is 0. The highest BCUT2D eigenvalue weighted by molar-refractivity contribution is 5.96. The van der Waals surface area contributed by atoms with E-state index in [2.05, 4.69) is 41.9 Å². The van der Waals surface area contributed by atoms with Gasteiger partial charge in [-0.2, -0.15) is 0 Å². The Hall–Kier alpha value is -5.15. The van der Waals surface area contributed by atoms with Crippen molar-refractivity contribution in [1.29, 1.82) is 0 Å². The number of nitrogens with two attached hydrogens (primary N) is 2. The zero-order valence-electron chi connectivity index (χ0n) is 29.6. The first-order valence-electron chi connectivity index (χ1n) is 16.7. The van der Waals surface area contributed by atoms with Crippen molar-refractivity contribution in [3.8, 4) is 0 Å². The van der Waals surface area contributed by atoms with Crippen LogP contribution in [0.25, 0.3) is 0 Å². The molecule has 0 saturated heterocycles. The average molecular weight is 741 g/mol. The van der Waals surface area contributed by atoms with Crippen LogP contribution in [0.2, 0.25) is 0 Å². The van der Waals surface area contributed by atoms with Crippen LogP contribution in [0, 0.1) is 11.8 Å². The van der Waals surface area contributed by atoms with Gasteiger partial charge in [0, 0.05) is 24.7 Å². The van der Waals surface area contributed by atoms with E-state index in [4.69, 9.17) is 11.5 Å². The Balaban J connectivity index is 3.04. The summed E-state index contributed by atoms with van der Waals surface area (Å²) in [5, 5.41) is 42.5. The van der Waals surface area contributed by atoms with Crippen molar-refractivity contribution in [3.05, 3.63) is 18.2 Å². The molecule has 0 aliphatic heterocycles. The first-order valence-corrected chi connectivity index (χ1v) is 16.7. The van der Waals surface area contributed by atoms with Gasteiger partial charge in [0.2, 0.25) is 41.4 Å². The van der Waals surface area contributed by atoms with Crippen LogP contribution in [0.1, 0.15) is 59.1 Å². The van der Waals surface area contributed by atoms with Crippen LogP contribution in [0.3, 0.4) is 0 Å². The number of aromatic amines is 1. The lowest BCUT2D eigenvalue weighted by molar-refractivity contribution is -0.143. The number of carbonyl (C=O) groups excluding carboxylic acids is 7. The molecule has 0 unspecified atom stereocenters. The molecule has 0 spiro atoms. The third-order valence-corrected chi connectivity index (χ3v) is 7.83. The molecule has 14 N–H and O–H groups in total. The van der Waals surface area contributed by atoms with Gasteiger partial charge in [0.15, 0.2) is 0 Å². The summed E-state index contributed by atoms with van der Waals surface area (Å²) in [4.78, 5) is 107. The highest BCUT2D eigenvalue weighted by Gasteiger charge is 2.34. The van der Waals surface area contributed by atoms with Gasteiger partial charge in [-0.25, -0.2) is 9.78 Å². The molecule has 0 bridgehead atoms. The van der Waals surface area contributed by atoms with Crippen molar-refractivity contribution in [1.82, 2.24) is 41.9 Å². The molecule has 7 amide bonds. The highest BCUT2D eigenvalue weighted by atomic mass is 16.4. The van der Waals surface area contributed by atoms with E-state index in [9.17, 15) is 53.7 Å². The smallest absolute Gasteiger partial charge is 0.328 e. The van der Waals surface area contributed by atoms with E-state index in [1.54, 1.807) is 27.7 Å². The minimum Gasteiger partial charge on any atom is -0.480 e. The number of aromatic nitrogens is 2. The third-order valence-electron chi connectivity index (χ3n) is 7.83. The molecule has 52 heavy (non-hydrogen) atoms. The van der Waals surface area contributed by atoms with E-state index >= 15 is 0 Å². The second-order valence-electron chi connectivity index (χ2n) is 12.6. The molecule has 0 aliphatic rings. The molecule has 0 fully saturated rings. The predicted octanol–water partition coefficient (Wildman–Crippen LogP) is -4.75. The Kier molecular flexibility index (Phi) is 19.5. The van der Waals surface area contributed by atoms with E-state index < -0.39 is 109 Å². The minimum absolute atomic E-state index is 0.0455. The van der Waals surface area contributed by atoms with Crippen molar-refractivity contribution in [3.63, 3.8) is 0 Å². The average Bonchev–Trinajstić information content (AvgIpc) is 3.60. The SMILES string of the molecule is CC[C@H](C)[C@H](NC(=O)[C@H](CO)NC(=O)CNC(=O)[C@@H](N)Cc1cnc[nH]1)C(=O)N[C@@H](CC(C)C)C(=O)N[C@@H](CCC(N)=O)C(=O)N[C@@H](CO)C(=O)O. The summed E-state index contributed by atoms with van der Waals surface area (Å²) in [5.74, 6) is -8.21. The van der Waals surface area contributed by atoms with Crippen molar-refractivity contribution >= 4 is 47.3 Å². The van der Waals surface area contributed by atoms with Crippen molar-refractivity contribution < 1.29 is 53.7 Å². The van der Waals surface area contributed by atoms with Gasteiger partial charge in [-0.05, 0) is 24.7 Å². The largest absolute Gasteiger partial charge is 0.480 e. The first kappa shape index (κ1) is 44.9.